The predicted octanol–water partition coefficient (Wildman–Crippen LogP) is 3.51. The van der Waals surface area contributed by atoms with Gasteiger partial charge in [-0.2, -0.15) is 4.98 Å². The van der Waals surface area contributed by atoms with Gasteiger partial charge in [0.1, 0.15) is 0 Å². The van der Waals surface area contributed by atoms with Crippen molar-refractivity contribution >= 4 is 17.7 Å². The second-order valence-electron chi connectivity index (χ2n) is 5.94. The number of hydrogen-bond donors (Lipinski definition) is 0. The van der Waals surface area contributed by atoms with E-state index < -0.39 is 0 Å². The van der Waals surface area contributed by atoms with Crippen molar-refractivity contribution in [3.8, 4) is 0 Å². The number of thioether (sulfide) groups is 1. The summed E-state index contributed by atoms with van der Waals surface area (Å²) in [5, 5.41) is 4.85. The van der Waals surface area contributed by atoms with Crippen molar-refractivity contribution in [1.82, 2.24) is 20.0 Å². The smallest absolute Gasteiger partial charge is 0.255 e. The van der Waals surface area contributed by atoms with Crippen LogP contribution in [-0.2, 0) is 6.42 Å². The number of amides is 1. The zero-order chi connectivity index (χ0) is 16.9. The van der Waals surface area contributed by atoms with Crippen LogP contribution in [-0.4, -0.2) is 39.0 Å². The minimum atomic E-state index is 0.0238. The van der Waals surface area contributed by atoms with Crippen molar-refractivity contribution in [3.05, 3.63) is 35.6 Å². The highest BCUT2D eigenvalue weighted by Crippen LogP contribution is 2.32. The number of nitrogens with zero attached hydrogens (tertiary/aromatic N) is 4. The third kappa shape index (κ3) is 3.95. The maximum Gasteiger partial charge on any atom is 0.255 e. The van der Waals surface area contributed by atoms with Gasteiger partial charge in [-0.1, -0.05) is 23.8 Å². The lowest BCUT2D eigenvalue weighted by Gasteiger charge is -2.15. The highest BCUT2D eigenvalue weighted by molar-refractivity contribution is 7.99. The number of hydrogen-bond acceptors (Lipinski definition) is 6. The van der Waals surface area contributed by atoms with E-state index in [0.717, 1.165) is 49.6 Å². The van der Waals surface area contributed by atoms with E-state index in [9.17, 15) is 4.79 Å². The van der Waals surface area contributed by atoms with Gasteiger partial charge in [-0.25, -0.2) is 4.98 Å². The van der Waals surface area contributed by atoms with Crippen LogP contribution in [0, 0.1) is 0 Å². The van der Waals surface area contributed by atoms with E-state index in [1.807, 2.05) is 24.0 Å². The predicted molar refractivity (Wildman–Crippen MR) is 91.9 cm³/mol. The molecule has 0 N–H and O–H groups in total. The van der Waals surface area contributed by atoms with Crippen molar-refractivity contribution in [2.45, 2.75) is 49.8 Å². The second kappa shape index (κ2) is 7.79. The van der Waals surface area contributed by atoms with E-state index in [4.69, 9.17) is 4.52 Å². The largest absolute Gasteiger partial charge is 0.339 e. The van der Waals surface area contributed by atoms with Crippen LogP contribution in [0.5, 0.6) is 0 Å². The Balaban J connectivity index is 1.61. The average molecular weight is 346 g/mol. The van der Waals surface area contributed by atoms with Crippen LogP contribution in [0.3, 0.4) is 0 Å². The molecule has 0 aromatic carbocycles. The fraction of sp³-hybridized carbons (Fsp3) is 0.529. The lowest BCUT2D eigenvalue weighted by atomic mass is 10.2. The Bertz CT molecular complexity index is 680. The van der Waals surface area contributed by atoms with Crippen molar-refractivity contribution < 1.29 is 9.32 Å². The van der Waals surface area contributed by atoms with Gasteiger partial charge in [0.25, 0.3) is 5.91 Å². The summed E-state index contributed by atoms with van der Waals surface area (Å²) < 4.78 is 5.31. The number of rotatable bonds is 6. The Labute approximate surface area is 146 Å². The highest BCUT2D eigenvalue weighted by atomic mass is 32.2. The van der Waals surface area contributed by atoms with E-state index >= 15 is 0 Å². The Morgan fingerprint density at radius 2 is 2.17 bits per heavy atom. The molecule has 7 heteroatoms. The van der Waals surface area contributed by atoms with Crippen LogP contribution in [0.2, 0.25) is 0 Å². The number of likely N-dealkylation sites (tertiary alicyclic amines) is 1. The van der Waals surface area contributed by atoms with Gasteiger partial charge in [0.15, 0.2) is 5.82 Å². The lowest BCUT2D eigenvalue weighted by Crippen LogP contribution is -2.27. The molecule has 1 fully saturated rings. The average Bonchev–Trinajstić information content (AvgIpc) is 3.27. The summed E-state index contributed by atoms with van der Waals surface area (Å²) in [5.41, 5.74) is 0.650. The summed E-state index contributed by atoms with van der Waals surface area (Å²) in [6, 6.07) is 3.73. The van der Waals surface area contributed by atoms with Gasteiger partial charge >= 0.3 is 0 Å². The zero-order valence-electron chi connectivity index (χ0n) is 14.1. The molecule has 2 aromatic heterocycles. The van der Waals surface area contributed by atoms with Gasteiger partial charge < -0.3 is 9.42 Å². The van der Waals surface area contributed by atoms with Gasteiger partial charge in [-0.3, -0.25) is 4.79 Å². The number of carbonyl (C=O) groups excluding carboxylic acids is 1. The van der Waals surface area contributed by atoms with Crippen LogP contribution in [0.15, 0.2) is 27.9 Å². The van der Waals surface area contributed by atoms with Crippen molar-refractivity contribution in [1.29, 1.82) is 0 Å². The number of carbonyl (C=O) groups is 1. The Morgan fingerprint density at radius 3 is 2.83 bits per heavy atom. The third-order valence-electron chi connectivity index (χ3n) is 3.98. The van der Waals surface area contributed by atoms with Gasteiger partial charge in [0.05, 0.1) is 15.8 Å². The first-order chi connectivity index (χ1) is 11.7. The fourth-order valence-corrected chi connectivity index (χ4v) is 3.49. The fourth-order valence-electron chi connectivity index (χ4n) is 2.67. The third-order valence-corrected chi connectivity index (χ3v) is 5.02. The first-order valence-electron chi connectivity index (χ1n) is 8.42. The van der Waals surface area contributed by atoms with E-state index in [-0.39, 0.29) is 11.2 Å². The van der Waals surface area contributed by atoms with Gasteiger partial charge in [0, 0.05) is 25.7 Å². The van der Waals surface area contributed by atoms with Crippen LogP contribution in [0.1, 0.15) is 60.4 Å². The molecule has 1 saturated heterocycles. The lowest BCUT2D eigenvalue weighted by molar-refractivity contribution is 0.0792. The monoisotopic (exact) mass is 346 g/mol. The minimum Gasteiger partial charge on any atom is -0.339 e. The van der Waals surface area contributed by atoms with Crippen LogP contribution in [0.25, 0.3) is 0 Å². The molecule has 0 radical (unpaired) electrons. The number of aromatic nitrogens is 3. The molecule has 3 rings (SSSR count). The topological polar surface area (TPSA) is 72.1 Å². The van der Waals surface area contributed by atoms with E-state index in [1.165, 1.54) is 0 Å². The Kier molecular flexibility index (Phi) is 5.50. The van der Waals surface area contributed by atoms with Crippen LogP contribution in [0.4, 0.5) is 0 Å². The van der Waals surface area contributed by atoms with E-state index in [1.54, 1.807) is 18.0 Å². The molecule has 3 heterocycles. The van der Waals surface area contributed by atoms with E-state index in [0.29, 0.717) is 11.5 Å². The summed E-state index contributed by atoms with van der Waals surface area (Å²) in [7, 11) is 0. The molecule has 1 atom stereocenters. The molecule has 0 bridgehead atoms. The molecule has 24 heavy (non-hydrogen) atoms. The zero-order valence-corrected chi connectivity index (χ0v) is 14.9. The molecule has 6 nitrogen and oxygen atoms in total. The molecule has 128 valence electrons. The molecule has 0 aliphatic carbocycles. The molecule has 2 aromatic rings. The number of pyridine rings is 1. The highest BCUT2D eigenvalue weighted by Gasteiger charge is 2.20. The summed E-state index contributed by atoms with van der Waals surface area (Å²) in [5.74, 6) is 1.44. The standard InChI is InChI=1S/C17H22N4O2S/c1-3-6-14-19-16(23-20-14)12(2)24-15-8-7-13(11-18-15)17(22)21-9-4-5-10-21/h7-8,11-12H,3-6,9-10H2,1-2H3/t12-/m1/s1. The second-order valence-corrected chi connectivity index (χ2v) is 7.30. The van der Waals surface area contributed by atoms with Gasteiger partial charge in [-0.15, -0.1) is 0 Å². The van der Waals surface area contributed by atoms with Crippen molar-refractivity contribution in [2.24, 2.45) is 0 Å². The molecular weight excluding hydrogens is 324 g/mol. The van der Waals surface area contributed by atoms with Crippen molar-refractivity contribution in [3.63, 3.8) is 0 Å². The van der Waals surface area contributed by atoms with Gasteiger partial charge in [0.2, 0.25) is 5.89 Å². The normalized spacial score (nSPS) is 15.7. The van der Waals surface area contributed by atoms with Crippen molar-refractivity contribution in [2.75, 3.05) is 13.1 Å². The Morgan fingerprint density at radius 1 is 1.38 bits per heavy atom. The molecular formula is C17H22N4O2S. The van der Waals surface area contributed by atoms with Gasteiger partial charge in [-0.05, 0) is 38.3 Å². The molecule has 0 spiro atoms. The maximum absolute atomic E-state index is 12.3. The molecule has 0 saturated carbocycles. The first-order valence-corrected chi connectivity index (χ1v) is 9.30. The quantitative estimate of drug-likeness (QED) is 0.745. The summed E-state index contributed by atoms with van der Waals surface area (Å²) in [6.45, 7) is 5.80. The Hall–Kier alpha value is -1.89. The van der Waals surface area contributed by atoms with E-state index in [2.05, 4.69) is 22.0 Å². The van der Waals surface area contributed by atoms with Crippen LogP contribution >= 0.6 is 11.8 Å². The molecule has 0 unspecified atom stereocenters. The maximum atomic E-state index is 12.3. The first kappa shape index (κ1) is 17.0. The number of aryl methyl sites for hydroxylation is 1. The SMILES string of the molecule is CCCc1noc([C@@H](C)Sc2ccc(C(=O)N3CCCC3)cn2)n1. The molecule has 1 aliphatic rings. The minimum absolute atomic E-state index is 0.0238. The summed E-state index contributed by atoms with van der Waals surface area (Å²) in [4.78, 5) is 23.0. The molecule has 1 aliphatic heterocycles. The summed E-state index contributed by atoms with van der Waals surface area (Å²) >= 11 is 1.55. The summed E-state index contributed by atoms with van der Waals surface area (Å²) in [6.07, 6.45) is 5.66. The van der Waals surface area contributed by atoms with Crippen LogP contribution < -0.4 is 0 Å². The molecule has 1 amide bonds.